The molecule has 1 atom stereocenters. The Kier molecular flexibility index (Phi) is 9.00. The van der Waals surface area contributed by atoms with E-state index in [1.54, 1.807) is 69.3 Å². The van der Waals surface area contributed by atoms with Crippen LogP contribution in [0.2, 0.25) is 0 Å². The fourth-order valence-electron chi connectivity index (χ4n) is 3.72. The first-order valence-electron chi connectivity index (χ1n) is 12.0. The van der Waals surface area contributed by atoms with Crippen LogP contribution < -0.4 is 10.6 Å². The Hall–Kier alpha value is -4.34. The topological polar surface area (TPSA) is 93.7 Å². The van der Waals surface area contributed by atoms with E-state index in [4.69, 9.17) is 9.47 Å². The van der Waals surface area contributed by atoms with Gasteiger partial charge in [-0.15, -0.1) is 0 Å². The number of carbonyl (C=O) groups is 3. The van der Waals surface area contributed by atoms with E-state index < -0.39 is 41.4 Å². The summed E-state index contributed by atoms with van der Waals surface area (Å²) in [6.45, 7) is 5.11. The summed E-state index contributed by atoms with van der Waals surface area (Å²) in [4.78, 5) is 37.4. The molecule has 3 rings (SSSR count). The molecule has 7 nitrogen and oxygen atoms in total. The number of halogens is 3. The number of carbonyl (C=O) groups excluding carboxylic acids is 3. The second kappa shape index (κ2) is 12.0. The molecule has 0 unspecified atom stereocenters. The van der Waals surface area contributed by atoms with Gasteiger partial charge in [0.05, 0.1) is 12.7 Å². The second-order valence-corrected chi connectivity index (χ2v) is 9.70. The van der Waals surface area contributed by atoms with Gasteiger partial charge >= 0.3 is 18.2 Å². The van der Waals surface area contributed by atoms with Crippen LogP contribution in [0.4, 0.5) is 23.7 Å². The van der Waals surface area contributed by atoms with E-state index in [-0.39, 0.29) is 12.0 Å². The fourth-order valence-corrected chi connectivity index (χ4v) is 3.72. The Labute approximate surface area is 224 Å². The van der Waals surface area contributed by atoms with Crippen LogP contribution in [0.1, 0.15) is 42.3 Å². The molecule has 206 valence electrons. The van der Waals surface area contributed by atoms with Gasteiger partial charge in [-0.3, -0.25) is 4.79 Å². The minimum atomic E-state index is -4.45. The normalized spacial score (nSPS) is 12.3. The summed E-state index contributed by atoms with van der Waals surface area (Å²) in [7, 11) is 1.22. The highest BCUT2D eigenvalue weighted by Crippen LogP contribution is 2.32. The number of alkyl halides is 3. The van der Waals surface area contributed by atoms with Crippen LogP contribution in [0.3, 0.4) is 0 Å². The molecule has 0 saturated carbocycles. The first kappa shape index (κ1) is 29.2. The van der Waals surface area contributed by atoms with Crippen molar-refractivity contribution in [2.24, 2.45) is 0 Å². The van der Waals surface area contributed by atoms with Crippen molar-refractivity contribution < 1.29 is 37.0 Å². The molecule has 0 heterocycles. The van der Waals surface area contributed by atoms with Crippen LogP contribution in [0, 0.1) is 0 Å². The van der Waals surface area contributed by atoms with E-state index >= 15 is 0 Å². The summed E-state index contributed by atoms with van der Waals surface area (Å²) in [6, 6.07) is 16.9. The summed E-state index contributed by atoms with van der Waals surface area (Å²) in [5.41, 5.74) is 0.864. The summed E-state index contributed by atoms with van der Waals surface area (Å²) in [5.74, 6) is -1.09. The summed E-state index contributed by atoms with van der Waals surface area (Å²) in [6.07, 6.45) is -5.09. The zero-order valence-electron chi connectivity index (χ0n) is 21.9. The molecule has 0 aliphatic heterocycles. The molecule has 2 amide bonds. The quantitative estimate of drug-likeness (QED) is 0.345. The highest BCUT2D eigenvalue weighted by Gasteiger charge is 2.30. The van der Waals surface area contributed by atoms with Crippen molar-refractivity contribution >= 4 is 23.7 Å². The Balaban J connectivity index is 1.72. The Morgan fingerprint density at radius 3 is 2.05 bits per heavy atom. The van der Waals surface area contributed by atoms with E-state index in [1.807, 2.05) is 0 Å². The fraction of sp³-hybridized carbons (Fsp3) is 0.276. The zero-order valence-corrected chi connectivity index (χ0v) is 21.9. The Morgan fingerprint density at radius 1 is 0.872 bits per heavy atom. The zero-order chi connectivity index (χ0) is 28.8. The van der Waals surface area contributed by atoms with Gasteiger partial charge in [0, 0.05) is 17.7 Å². The van der Waals surface area contributed by atoms with Crippen molar-refractivity contribution in [1.29, 1.82) is 0 Å². The molecule has 0 saturated heterocycles. The number of hydrogen-bond acceptors (Lipinski definition) is 5. The van der Waals surface area contributed by atoms with E-state index in [1.165, 1.54) is 19.2 Å². The van der Waals surface area contributed by atoms with Crippen LogP contribution in [0.25, 0.3) is 11.1 Å². The van der Waals surface area contributed by atoms with Crippen molar-refractivity contribution in [3.05, 3.63) is 89.5 Å². The highest BCUT2D eigenvalue weighted by atomic mass is 19.4. The molecule has 0 fully saturated rings. The number of anilines is 1. The van der Waals surface area contributed by atoms with Crippen molar-refractivity contribution in [3.8, 4) is 11.1 Å². The molecule has 0 aliphatic carbocycles. The molecule has 0 radical (unpaired) electrons. The number of nitrogens with one attached hydrogen (secondary N) is 2. The summed E-state index contributed by atoms with van der Waals surface area (Å²) in [5, 5.41) is 5.28. The van der Waals surface area contributed by atoms with Gasteiger partial charge in [0.15, 0.2) is 0 Å². The lowest BCUT2D eigenvalue weighted by Crippen LogP contribution is -2.45. The maximum Gasteiger partial charge on any atom is 0.416 e. The molecule has 2 N–H and O–H groups in total. The first-order valence-corrected chi connectivity index (χ1v) is 12.0. The third-order valence-corrected chi connectivity index (χ3v) is 5.52. The molecule has 0 aromatic heterocycles. The molecule has 0 aliphatic rings. The molecule has 0 bridgehead atoms. The number of benzene rings is 3. The van der Waals surface area contributed by atoms with Crippen LogP contribution in [0.15, 0.2) is 72.8 Å². The van der Waals surface area contributed by atoms with E-state index in [0.29, 0.717) is 22.4 Å². The Bertz CT molecular complexity index is 1310. The van der Waals surface area contributed by atoms with Gasteiger partial charge in [0.1, 0.15) is 11.6 Å². The number of esters is 1. The van der Waals surface area contributed by atoms with E-state index in [2.05, 4.69) is 10.6 Å². The SMILES string of the molecule is COC(=O)[C@H](Cc1ccc(NC(=O)c2ccccc2-c2ccc(C(F)(F)F)cc2)cc1)NC(=O)OC(C)(C)C. The van der Waals surface area contributed by atoms with Gasteiger partial charge in [-0.1, -0.05) is 42.5 Å². The van der Waals surface area contributed by atoms with Crippen molar-refractivity contribution in [3.63, 3.8) is 0 Å². The lowest BCUT2D eigenvalue weighted by Gasteiger charge is -2.22. The predicted octanol–water partition coefficient (Wildman–Crippen LogP) is 6.23. The number of hydrogen-bond donors (Lipinski definition) is 2. The molecule has 3 aromatic carbocycles. The maximum absolute atomic E-state index is 13.0. The van der Waals surface area contributed by atoms with E-state index in [0.717, 1.165) is 12.1 Å². The minimum Gasteiger partial charge on any atom is -0.467 e. The number of methoxy groups -OCH3 is 1. The van der Waals surface area contributed by atoms with Crippen molar-refractivity contribution in [2.45, 2.75) is 45.0 Å². The van der Waals surface area contributed by atoms with Crippen molar-refractivity contribution in [1.82, 2.24) is 5.32 Å². The third kappa shape index (κ3) is 8.33. The van der Waals surface area contributed by atoms with Gasteiger partial charge in [-0.25, -0.2) is 9.59 Å². The minimum absolute atomic E-state index is 0.122. The summed E-state index contributed by atoms with van der Waals surface area (Å²) >= 11 is 0. The molecule has 10 heteroatoms. The average Bonchev–Trinajstić information content (AvgIpc) is 2.87. The monoisotopic (exact) mass is 542 g/mol. The number of rotatable bonds is 7. The highest BCUT2D eigenvalue weighted by molar-refractivity contribution is 6.08. The average molecular weight is 543 g/mol. The number of amides is 2. The smallest absolute Gasteiger partial charge is 0.416 e. The summed E-state index contributed by atoms with van der Waals surface area (Å²) < 4.78 is 48.8. The van der Waals surface area contributed by atoms with Gasteiger partial charge in [0.2, 0.25) is 0 Å². The standard InChI is InChI=1S/C29H29F3N2O5/c1-28(2,3)39-27(37)34-24(26(36)38-4)17-18-9-15-21(16-10-18)33-25(35)23-8-6-5-7-22(23)19-11-13-20(14-12-19)29(30,31)32/h5-16,24H,17H2,1-4H3,(H,33,35)(H,34,37)/t24-/m0/s1. The molecular formula is C29H29F3N2O5. The number of ether oxygens (including phenoxy) is 2. The third-order valence-electron chi connectivity index (χ3n) is 5.52. The van der Waals surface area contributed by atoms with Crippen molar-refractivity contribution in [2.75, 3.05) is 12.4 Å². The number of alkyl carbamates (subject to hydrolysis) is 1. The largest absolute Gasteiger partial charge is 0.467 e. The van der Waals surface area contributed by atoms with Crippen LogP contribution in [0.5, 0.6) is 0 Å². The van der Waals surface area contributed by atoms with Crippen LogP contribution >= 0.6 is 0 Å². The Morgan fingerprint density at radius 2 is 1.49 bits per heavy atom. The molecule has 0 spiro atoms. The van der Waals surface area contributed by atoms with Gasteiger partial charge in [-0.2, -0.15) is 13.2 Å². The second-order valence-electron chi connectivity index (χ2n) is 9.70. The van der Waals surface area contributed by atoms with Gasteiger partial charge in [0.25, 0.3) is 5.91 Å². The predicted molar refractivity (Wildman–Crippen MR) is 140 cm³/mol. The van der Waals surface area contributed by atoms with Crippen LogP contribution in [-0.2, 0) is 26.9 Å². The molecular weight excluding hydrogens is 513 g/mol. The maximum atomic E-state index is 13.0. The molecule has 39 heavy (non-hydrogen) atoms. The first-order chi connectivity index (χ1) is 18.3. The lowest BCUT2D eigenvalue weighted by molar-refractivity contribution is -0.143. The molecule has 3 aromatic rings. The van der Waals surface area contributed by atoms with E-state index in [9.17, 15) is 27.6 Å². The van der Waals surface area contributed by atoms with Gasteiger partial charge in [-0.05, 0) is 67.8 Å². The van der Waals surface area contributed by atoms with Crippen LogP contribution in [-0.4, -0.2) is 36.7 Å². The van der Waals surface area contributed by atoms with Gasteiger partial charge < -0.3 is 20.1 Å². The lowest BCUT2D eigenvalue weighted by atomic mass is 9.98.